The molecule has 27 heavy (non-hydrogen) atoms. The predicted molar refractivity (Wildman–Crippen MR) is 110 cm³/mol. The first-order chi connectivity index (χ1) is 12.5. The zero-order valence-corrected chi connectivity index (χ0v) is 17.5. The Balaban J connectivity index is 2.18. The van der Waals surface area contributed by atoms with Gasteiger partial charge in [-0.25, -0.2) is 8.42 Å². The number of hydrogen-bond acceptors (Lipinski definition) is 3. The van der Waals surface area contributed by atoms with Crippen LogP contribution in [0.5, 0.6) is 0 Å². The Morgan fingerprint density at radius 3 is 2.00 bits per heavy atom. The van der Waals surface area contributed by atoms with Crippen LogP contribution in [0.15, 0.2) is 54.6 Å². The number of carbonyl (C=O) groups excluding carboxylic acids is 1. The predicted octanol–water partition coefficient (Wildman–Crippen LogP) is 3.41. The van der Waals surface area contributed by atoms with Crippen LogP contribution in [-0.2, 0) is 26.8 Å². The van der Waals surface area contributed by atoms with Gasteiger partial charge in [-0.15, -0.1) is 0 Å². The summed E-state index contributed by atoms with van der Waals surface area (Å²) >= 11 is 0. The lowest BCUT2D eigenvalue weighted by atomic mass is 9.87. The molecule has 1 amide bonds. The van der Waals surface area contributed by atoms with E-state index in [0.29, 0.717) is 12.2 Å². The Bertz CT molecular complexity index is 870. The summed E-state index contributed by atoms with van der Waals surface area (Å²) < 4.78 is 25.7. The van der Waals surface area contributed by atoms with Crippen molar-refractivity contribution in [3.63, 3.8) is 0 Å². The molecule has 0 saturated carbocycles. The van der Waals surface area contributed by atoms with Crippen molar-refractivity contribution in [2.75, 3.05) is 24.2 Å². The Hall–Kier alpha value is -2.34. The van der Waals surface area contributed by atoms with E-state index >= 15 is 0 Å². The molecular weight excluding hydrogens is 360 g/mol. The molecule has 0 fully saturated rings. The molecule has 6 heteroatoms. The van der Waals surface area contributed by atoms with Gasteiger partial charge >= 0.3 is 0 Å². The van der Waals surface area contributed by atoms with E-state index in [9.17, 15) is 13.2 Å². The van der Waals surface area contributed by atoms with Crippen LogP contribution in [0.3, 0.4) is 0 Å². The molecule has 2 aromatic carbocycles. The number of anilines is 1. The number of amides is 1. The summed E-state index contributed by atoms with van der Waals surface area (Å²) in [6, 6.07) is 16.9. The highest BCUT2D eigenvalue weighted by atomic mass is 32.2. The zero-order chi connectivity index (χ0) is 20.2. The summed E-state index contributed by atoms with van der Waals surface area (Å²) in [4.78, 5) is 14.2. The number of rotatable bonds is 6. The van der Waals surface area contributed by atoms with E-state index in [4.69, 9.17) is 0 Å². The number of benzene rings is 2. The van der Waals surface area contributed by atoms with Gasteiger partial charge in [-0.3, -0.25) is 9.10 Å². The minimum atomic E-state index is -3.58. The Labute approximate surface area is 162 Å². The van der Waals surface area contributed by atoms with Crippen molar-refractivity contribution in [1.29, 1.82) is 0 Å². The van der Waals surface area contributed by atoms with Crippen LogP contribution >= 0.6 is 0 Å². The average molecular weight is 389 g/mol. The van der Waals surface area contributed by atoms with Crippen LogP contribution in [0.2, 0.25) is 0 Å². The van der Waals surface area contributed by atoms with E-state index in [0.717, 1.165) is 21.7 Å². The molecule has 2 rings (SSSR count). The van der Waals surface area contributed by atoms with Crippen molar-refractivity contribution in [2.24, 2.45) is 0 Å². The average Bonchev–Trinajstić information content (AvgIpc) is 2.58. The third kappa shape index (κ3) is 5.82. The lowest BCUT2D eigenvalue weighted by Crippen LogP contribution is -2.41. The summed E-state index contributed by atoms with van der Waals surface area (Å²) in [6.45, 7) is 6.49. The lowest BCUT2D eigenvalue weighted by Gasteiger charge is -2.26. The van der Waals surface area contributed by atoms with Gasteiger partial charge in [0.05, 0.1) is 11.9 Å². The SMILES string of the molecule is CN(Cc1ccccc1)C(=O)CN(c1ccc(C(C)(C)C)cc1)S(C)(=O)=O. The van der Waals surface area contributed by atoms with Gasteiger partial charge in [-0.2, -0.15) is 0 Å². The van der Waals surface area contributed by atoms with E-state index in [2.05, 4.69) is 20.8 Å². The van der Waals surface area contributed by atoms with Gasteiger partial charge in [0.1, 0.15) is 6.54 Å². The van der Waals surface area contributed by atoms with Crippen LogP contribution in [0.25, 0.3) is 0 Å². The molecule has 0 aliphatic heterocycles. The van der Waals surface area contributed by atoms with Gasteiger partial charge in [0.2, 0.25) is 15.9 Å². The summed E-state index contributed by atoms with van der Waals surface area (Å²) in [7, 11) is -1.90. The van der Waals surface area contributed by atoms with Crippen molar-refractivity contribution < 1.29 is 13.2 Å². The highest BCUT2D eigenvalue weighted by molar-refractivity contribution is 7.92. The van der Waals surface area contributed by atoms with E-state index in [1.807, 2.05) is 42.5 Å². The van der Waals surface area contributed by atoms with Crippen LogP contribution in [0, 0.1) is 0 Å². The molecule has 0 atom stereocenters. The van der Waals surface area contributed by atoms with Gasteiger partial charge in [0, 0.05) is 13.6 Å². The van der Waals surface area contributed by atoms with Gasteiger partial charge < -0.3 is 4.90 Å². The third-order valence-corrected chi connectivity index (χ3v) is 5.53. The molecule has 0 aromatic heterocycles. The van der Waals surface area contributed by atoms with Crippen molar-refractivity contribution in [1.82, 2.24) is 4.90 Å². The maximum atomic E-state index is 12.6. The number of carbonyl (C=O) groups is 1. The topological polar surface area (TPSA) is 57.7 Å². The second-order valence-electron chi connectivity index (χ2n) is 7.80. The van der Waals surface area contributed by atoms with Crippen molar-refractivity contribution in [2.45, 2.75) is 32.7 Å². The normalized spacial score (nSPS) is 11.9. The molecular formula is C21H28N2O3S. The molecule has 0 aliphatic rings. The smallest absolute Gasteiger partial charge is 0.243 e. The molecule has 0 aliphatic carbocycles. The summed E-state index contributed by atoms with van der Waals surface area (Å²) in [5, 5.41) is 0. The molecule has 0 unspecified atom stereocenters. The Morgan fingerprint density at radius 2 is 1.52 bits per heavy atom. The van der Waals surface area contributed by atoms with Gasteiger partial charge in [-0.1, -0.05) is 63.2 Å². The van der Waals surface area contributed by atoms with Gasteiger partial charge in [0.25, 0.3) is 0 Å². The van der Waals surface area contributed by atoms with Gasteiger partial charge in [0.15, 0.2) is 0 Å². The lowest BCUT2D eigenvalue weighted by molar-refractivity contribution is -0.128. The zero-order valence-electron chi connectivity index (χ0n) is 16.6. The van der Waals surface area contributed by atoms with Crippen molar-refractivity contribution in [3.05, 3.63) is 65.7 Å². The first-order valence-corrected chi connectivity index (χ1v) is 10.7. The second-order valence-corrected chi connectivity index (χ2v) is 9.71. The largest absolute Gasteiger partial charge is 0.340 e. The molecule has 0 spiro atoms. The van der Waals surface area contributed by atoms with Crippen LogP contribution in [0.4, 0.5) is 5.69 Å². The Kier molecular flexibility index (Phi) is 6.31. The molecule has 5 nitrogen and oxygen atoms in total. The maximum Gasteiger partial charge on any atom is 0.243 e. The minimum absolute atomic E-state index is 0.0276. The van der Waals surface area contributed by atoms with E-state index in [-0.39, 0.29) is 17.9 Å². The maximum absolute atomic E-state index is 12.6. The highest BCUT2D eigenvalue weighted by Crippen LogP contribution is 2.26. The quantitative estimate of drug-likeness (QED) is 0.762. The fraction of sp³-hybridized carbons (Fsp3) is 0.381. The van der Waals surface area contributed by atoms with Crippen LogP contribution in [0.1, 0.15) is 31.9 Å². The standard InChI is InChI=1S/C21H28N2O3S/c1-21(2,3)18-11-13-19(14-12-18)23(27(5,25)26)16-20(24)22(4)15-17-9-7-6-8-10-17/h6-14H,15-16H2,1-5H3. The summed E-state index contributed by atoms with van der Waals surface area (Å²) in [6.07, 6.45) is 1.12. The number of nitrogens with zero attached hydrogens (tertiary/aromatic N) is 2. The fourth-order valence-corrected chi connectivity index (χ4v) is 3.57. The first kappa shape index (κ1) is 21.0. The molecule has 0 saturated heterocycles. The second kappa shape index (κ2) is 8.13. The van der Waals surface area contributed by atoms with E-state index in [1.54, 1.807) is 19.2 Å². The van der Waals surface area contributed by atoms with E-state index < -0.39 is 10.0 Å². The summed E-state index contributed by atoms with van der Waals surface area (Å²) in [5.74, 6) is -0.260. The molecule has 0 heterocycles. The van der Waals surface area contributed by atoms with Gasteiger partial charge in [-0.05, 0) is 28.7 Å². The number of likely N-dealkylation sites (N-methyl/N-ethyl adjacent to an activating group) is 1. The van der Waals surface area contributed by atoms with E-state index in [1.165, 1.54) is 4.90 Å². The molecule has 0 bridgehead atoms. The molecule has 2 aromatic rings. The number of hydrogen-bond donors (Lipinski definition) is 0. The molecule has 0 N–H and O–H groups in total. The highest BCUT2D eigenvalue weighted by Gasteiger charge is 2.23. The molecule has 146 valence electrons. The monoisotopic (exact) mass is 388 g/mol. The summed E-state index contributed by atoms with van der Waals surface area (Å²) in [5.41, 5.74) is 2.56. The van der Waals surface area contributed by atoms with Crippen LogP contribution in [-0.4, -0.2) is 39.1 Å². The van der Waals surface area contributed by atoms with Crippen molar-refractivity contribution >= 4 is 21.6 Å². The van der Waals surface area contributed by atoms with Crippen molar-refractivity contribution in [3.8, 4) is 0 Å². The number of sulfonamides is 1. The van der Waals surface area contributed by atoms with Crippen LogP contribution < -0.4 is 4.31 Å². The first-order valence-electron chi connectivity index (χ1n) is 8.84. The minimum Gasteiger partial charge on any atom is -0.340 e. The molecule has 0 radical (unpaired) electrons. The third-order valence-electron chi connectivity index (χ3n) is 4.39. The fourth-order valence-electron chi connectivity index (χ4n) is 2.72. The Morgan fingerprint density at radius 1 is 0.963 bits per heavy atom.